The maximum absolute atomic E-state index is 12.7. The van der Waals surface area contributed by atoms with Gasteiger partial charge >= 0.3 is 6.03 Å². The van der Waals surface area contributed by atoms with Crippen LogP contribution in [0.2, 0.25) is 0 Å². The van der Waals surface area contributed by atoms with E-state index in [2.05, 4.69) is 29.6 Å². The molecule has 0 unspecified atom stereocenters. The van der Waals surface area contributed by atoms with Crippen LogP contribution in [0.5, 0.6) is 0 Å². The van der Waals surface area contributed by atoms with Crippen LogP contribution in [-0.2, 0) is 11.2 Å². The Morgan fingerprint density at radius 3 is 2.58 bits per heavy atom. The van der Waals surface area contributed by atoms with Gasteiger partial charge in [0, 0.05) is 33.1 Å². The van der Waals surface area contributed by atoms with Gasteiger partial charge in [-0.25, -0.2) is 4.79 Å². The molecule has 0 radical (unpaired) electrons. The van der Waals surface area contributed by atoms with Crippen molar-refractivity contribution in [3.8, 4) is 0 Å². The molecule has 1 heterocycles. The first-order chi connectivity index (χ1) is 11.6. The lowest BCUT2D eigenvalue weighted by Crippen LogP contribution is -2.43. The van der Waals surface area contributed by atoms with Gasteiger partial charge in [0.2, 0.25) is 5.91 Å². The van der Waals surface area contributed by atoms with E-state index in [1.54, 1.807) is 6.92 Å². The highest BCUT2D eigenvalue weighted by molar-refractivity contribution is 5.76. The predicted octanol–water partition coefficient (Wildman–Crippen LogP) is 2.72. The number of carbonyl (C=O) groups is 2. The first-order valence-corrected chi connectivity index (χ1v) is 9.04. The zero-order chi connectivity index (χ0) is 16.9. The van der Waals surface area contributed by atoms with Gasteiger partial charge in [0.15, 0.2) is 0 Å². The van der Waals surface area contributed by atoms with Crippen molar-refractivity contribution in [3.05, 3.63) is 35.4 Å². The summed E-state index contributed by atoms with van der Waals surface area (Å²) in [6.07, 6.45) is 5.25. The molecule has 0 aromatic heterocycles. The van der Waals surface area contributed by atoms with Crippen molar-refractivity contribution in [1.29, 1.82) is 0 Å². The molecule has 0 spiro atoms. The zero-order valence-corrected chi connectivity index (χ0v) is 14.5. The van der Waals surface area contributed by atoms with E-state index in [9.17, 15) is 9.59 Å². The molecular formula is C19H27N3O2. The summed E-state index contributed by atoms with van der Waals surface area (Å²) in [6.45, 7) is 4.29. The highest BCUT2D eigenvalue weighted by atomic mass is 16.2. The van der Waals surface area contributed by atoms with E-state index >= 15 is 0 Å². The Kier molecular flexibility index (Phi) is 5.38. The molecule has 1 N–H and O–H groups in total. The van der Waals surface area contributed by atoms with Crippen LogP contribution in [0.15, 0.2) is 24.3 Å². The van der Waals surface area contributed by atoms with Crippen molar-refractivity contribution in [2.24, 2.45) is 0 Å². The van der Waals surface area contributed by atoms with E-state index in [0.717, 1.165) is 32.2 Å². The van der Waals surface area contributed by atoms with Crippen molar-refractivity contribution in [2.45, 2.75) is 45.1 Å². The molecule has 5 nitrogen and oxygen atoms in total. The summed E-state index contributed by atoms with van der Waals surface area (Å²) >= 11 is 0. The second kappa shape index (κ2) is 7.69. The molecular weight excluding hydrogens is 302 g/mol. The molecule has 1 aliphatic heterocycles. The smallest absolute Gasteiger partial charge is 0.317 e. The molecule has 3 rings (SSSR count). The highest BCUT2D eigenvalue weighted by Gasteiger charge is 2.24. The number of aryl methyl sites for hydroxylation is 1. The Hall–Kier alpha value is -2.04. The van der Waals surface area contributed by atoms with E-state index in [-0.39, 0.29) is 18.0 Å². The average Bonchev–Trinajstić information content (AvgIpc) is 2.94. The van der Waals surface area contributed by atoms with Crippen LogP contribution in [-0.4, -0.2) is 47.9 Å². The van der Waals surface area contributed by atoms with E-state index in [1.165, 1.54) is 17.5 Å². The minimum Gasteiger partial charge on any atom is -0.341 e. The van der Waals surface area contributed by atoms with Crippen LogP contribution in [0.1, 0.15) is 49.8 Å². The second-order valence-electron chi connectivity index (χ2n) is 6.79. The molecule has 1 atom stereocenters. The van der Waals surface area contributed by atoms with Gasteiger partial charge in [-0.15, -0.1) is 0 Å². The van der Waals surface area contributed by atoms with Crippen LogP contribution in [0.4, 0.5) is 4.79 Å². The van der Waals surface area contributed by atoms with Crippen molar-refractivity contribution in [2.75, 3.05) is 26.2 Å². The van der Waals surface area contributed by atoms with Crippen LogP contribution in [0, 0.1) is 0 Å². The maximum atomic E-state index is 12.7. The van der Waals surface area contributed by atoms with Gasteiger partial charge in [-0.1, -0.05) is 30.7 Å². The molecule has 24 heavy (non-hydrogen) atoms. The molecule has 1 fully saturated rings. The fourth-order valence-corrected chi connectivity index (χ4v) is 3.75. The number of carbonyl (C=O) groups excluding carboxylic acids is 2. The van der Waals surface area contributed by atoms with E-state index < -0.39 is 0 Å². The number of amides is 3. The van der Waals surface area contributed by atoms with E-state index in [0.29, 0.717) is 19.6 Å². The number of fused-ring (bicyclic) bond motifs is 1. The van der Waals surface area contributed by atoms with Gasteiger partial charge in [0.05, 0.1) is 6.04 Å². The third-order valence-corrected chi connectivity index (χ3v) is 5.15. The third-order valence-electron chi connectivity index (χ3n) is 5.15. The number of benzene rings is 1. The van der Waals surface area contributed by atoms with E-state index in [4.69, 9.17) is 0 Å². The summed E-state index contributed by atoms with van der Waals surface area (Å²) in [4.78, 5) is 27.9. The lowest BCUT2D eigenvalue weighted by atomic mass is 9.99. The summed E-state index contributed by atoms with van der Waals surface area (Å²) in [6, 6.07) is 8.56. The normalized spacial score (nSPS) is 21.5. The van der Waals surface area contributed by atoms with Crippen LogP contribution in [0.25, 0.3) is 0 Å². The molecule has 5 heteroatoms. The summed E-state index contributed by atoms with van der Waals surface area (Å²) < 4.78 is 0. The first-order valence-electron chi connectivity index (χ1n) is 9.04. The standard InChI is InChI=1S/C19H27N3O2/c1-15(23)21-11-6-12-22(14-13-21)19(24)20-18-10-5-3-8-16-7-2-4-9-17(16)18/h2,4,7,9,18H,3,5-6,8,10-14H2,1H3,(H,20,24)/t18-/m1/s1. The van der Waals surface area contributed by atoms with Gasteiger partial charge in [-0.05, 0) is 36.8 Å². The lowest BCUT2D eigenvalue weighted by molar-refractivity contribution is -0.128. The Morgan fingerprint density at radius 1 is 1.00 bits per heavy atom. The third kappa shape index (κ3) is 3.89. The van der Waals surface area contributed by atoms with Crippen LogP contribution >= 0.6 is 0 Å². The molecule has 1 aromatic carbocycles. The minimum absolute atomic E-state index is 0.00195. The largest absolute Gasteiger partial charge is 0.341 e. The molecule has 1 saturated heterocycles. The summed E-state index contributed by atoms with van der Waals surface area (Å²) in [5.74, 6) is 0.0925. The molecule has 2 aliphatic rings. The molecule has 1 aliphatic carbocycles. The lowest BCUT2D eigenvalue weighted by Gasteiger charge is -2.26. The predicted molar refractivity (Wildman–Crippen MR) is 93.7 cm³/mol. The van der Waals surface area contributed by atoms with Gasteiger partial charge in [0.1, 0.15) is 0 Å². The monoisotopic (exact) mass is 329 g/mol. The van der Waals surface area contributed by atoms with Gasteiger partial charge in [0.25, 0.3) is 0 Å². The van der Waals surface area contributed by atoms with Crippen LogP contribution in [0.3, 0.4) is 0 Å². The molecule has 0 bridgehead atoms. The summed E-state index contributed by atoms with van der Waals surface area (Å²) in [5.41, 5.74) is 2.63. The fraction of sp³-hybridized carbons (Fsp3) is 0.579. The number of rotatable bonds is 1. The Morgan fingerprint density at radius 2 is 1.75 bits per heavy atom. The van der Waals surface area contributed by atoms with Crippen LogP contribution < -0.4 is 5.32 Å². The van der Waals surface area contributed by atoms with Crippen molar-refractivity contribution < 1.29 is 9.59 Å². The molecule has 130 valence electrons. The van der Waals surface area contributed by atoms with Crippen molar-refractivity contribution >= 4 is 11.9 Å². The zero-order valence-electron chi connectivity index (χ0n) is 14.5. The average molecular weight is 329 g/mol. The maximum Gasteiger partial charge on any atom is 0.317 e. The highest BCUT2D eigenvalue weighted by Crippen LogP contribution is 2.28. The second-order valence-corrected chi connectivity index (χ2v) is 6.79. The number of nitrogens with zero attached hydrogens (tertiary/aromatic N) is 2. The quantitative estimate of drug-likeness (QED) is 0.806. The van der Waals surface area contributed by atoms with Crippen molar-refractivity contribution in [3.63, 3.8) is 0 Å². The number of hydrogen-bond acceptors (Lipinski definition) is 2. The molecule has 3 amide bonds. The number of hydrogen-bond donors (Lipinski definition) is 1. The topological polar surface area (TPSA) is 52.7 Å². The van der Waals surface area contributed by atoms with Gasteiger partial charge < -0.3 is 15.1 Å². The minimum atomic E-state index is 0.00195. The summed E-state index contributed by atoms with van der Waals surface area (Å²) in [7, 11) is 0. The number of urea groups is 1. The first kappa shape index (κ1) is 16.8. The summed E-state index contributed by atoms with van der Waals surface area (Å²) in [5, 5.41) is 3.24. The Balaban J connectivity index is 1.65. The van der Waals surface area contributed by atoms with E-state index in [1.807, 2.05) is 9.80 Å². The van der Waals surface area contributed by atoms with Crippen molar-refractivity contribution in [1.82, 2.24) is 15.1 Å². The molecule has 1 aromatic rings. The van der Waals surface area contributed by atoms with Gasteiger partial charge in [-0.2, -0.15) is 0 Å². The SMILES string of the molecule is CC(=O)N1CCCN(C(=O)N[C@@H]2CCCCc3ccccc32)CC1. The number of nitrogens with one attached hydrogen (secondary N) is 1. The molecule has 0 saturated carbocycles. The Bertz CT molecular complexity index is 602. The fourth-order valence-electron chi connectivity index (χ4n) is 3.75. The van der Waals surface area contributed by atoms with Gasteiger partial charge in [-0.3, -0.25) is 4.79 Å². The Labute approximate surface area is 144 Å².